The van der Waals surface area contributed by atoms with Gasteiger partial charge in [0.2, 0.25) is 5.88 Å². The summed E-state index contributed by atoms with van der Waals surface area (Å²) in [6.07, 6.45) is 1.33. The van der Waals surface area contributed by atoms with Gasteiger partial charge in [0, 0.05) is 30.9 Å². The Kier molecular flexibility index (Phi) is 8.29. The number of hydrogen-bond acceptors (Lipinski definition) is 11. The van der Waals surface area contributed by atoms with E-state index in [0.717, 1.165) is 0 Å². The molecule has 3 aromatic heterocycles. The largest absolute Gasteiger partial charge is 0.494 e. The number of aromatic nitrogens is 5. The van der Waals surface area contributed by atoms with Gasteiger partial charge in [-0.25, -0.2) is 24.5 Å². The molecular formula is C35H29N7O10. The molecule has 52 heavy (non-hydrogen) atoms. The van der Waals surface area contributed by atoms with Gasteiger partial charge in [0.25, 0.3) is 11.8 Å². The van der Waals surface area contributed by atoms with Crippen molar-refractivity contribution in [2.24, 2.45) is 11.5 Å². The minimum Gasteiger partial charge on any atom is -0.494 e. The molecule has 6 N–H and O–H groups in total. The number of ether oxygens (including phenoxy) is 4. The molecule has 5 heterocycles. The first-order valence-electron chi connectivity index (χ1n) is 15.6. The second-order valence-electron chi connectivity index (χ2n) is 11.5. The van der Waals surface area contributed by atoms with Crippen LogP contribution in [0.5, 0.6) is 23.1 Å². The zero-order valence-electron chi connectivity index (χ0n) is 27.6. The zero-order chi connectivity index (χ0) is 36.8. The Morgan fingerprint density at radius 3 is 1.73 bits per heavy atom. The molecule has 0 atom stereocenters. The number of carbonyl (C=O) groups is 4. The summed E-state index contributed by atoms with van der Waals surface area (Å²) in [6.45, 7) is 0.0872. The summed E-state index contributed by atoms with van der Waals surface area (Å²) in [7, 11) is 2.72. The predicted octanol–water partition coefficient (Wildman–Crippen LogP) is 3.20. The fourth-order valence-electron chi connectivity index (χ4n) is 6.36. The van der Waals surface area contributed by atoms with Crippen LogP contribution in [-0.4, -0.2) is 85.5 Å². The number of nitrogens with zero attached hydrogens (tertiary/aromatic N) is 5. The third kappa shape index (κ3) is 5.49. The van der Waals surface area contributed by atoms with Crippen LogP contribution in [0.2, 0.25) is 0 Å². The topological polar surface area (TPSA) is 246 Å². The average molecular weight is 708 g/mol. The van der Waals surface area contributed by atoms with Crippen LogP contribution in [0.3, 0.4) is 0 Å². The number of pyridine rings is 1. The molecule has 2 aliphatic rings. The molecule has 0 fully saturated rings. The van der Waals surface area contributed by atoms with E-state index >= 15 is 0 Å². The molecule has 2 amide bonds. The quantitative estimate of drug-likeness (QED) is 0.194. The lowest BCUT2D eigenvalue weighted by Crippen LogP contribution is -2.14. The van der Waals surface area contributed by atoms with Crippen molar-refractivity contribution in [3.8, 4) is 45.9 Å². The summed E-state index contributed by atoms with van der Waals surface area (Å²) >= 11 is 0. The molecule has 17 nitrogen and oxygen atoms in total. The summed E-state index contributed by atoms with van der Waals surface area (Å²) in [5.41, 5.74) is 12.8. The normalized spacial score (nSPS) is 12.7. The number of carbonyl (C=O) groups excluding carboxylic acids is 2. The van der Waals surface area contributed by atoms with Gasteiger partial charge in [0.05, 0.1) is 53.1 Å². The molecule has 0 unspecified atom stereocenters. The third-order valence-corrected chi connectivity index (χ3v) is 8.65. The van der Waals surface area contributed by atoms with Gasteiger partial charge in [0.1, 0.15) is 41.6 Å². The highest BCUT2D eigenvalue weighted by Gasteiger charge is 2.27. The standard InChI is InChI=1S/C35H29N7O10/c1-49-28-18(30(36)43)5-7-23-26(28)39-32-20-13-16(3-4-17(20)34(45)46)51-11-12-52-25-14-21(35(47)48)22(15-38-25)33-40-27-24(42(33)10-9-41(23)32)8-6-19(31(37)44)29(27)50-2/h3-8,13-15H,9-12H2,1-2H3,(H2,36,43)(H2,37,44)(H,45,46)(H,47,48). The molecule has 0 radical (unpaired) electrons. The Bertz CT molecular complexity index is 2490. The molecule has 0 aliphatic carbocycles. The van der Waals surface area contributed by atoms with Crippen LogP contribution >= 0.6 is 0 Å². The van der Waals surface area contributed by atoms with Crippen molar-refractivity contribution < 1.29 is 48.3 Å². The van der Waals surface area contributed by atoms with E-state index in [1.54, 1.807) is 21.3 Å². The van der Waals surface area contributed by atoms with E-state index < -0.39 is 23.8 Å². The molecule has 2 aliphatic heterocycles. The summed E-state index contributed by atoms with van der Waals surface area (Å²) in [5.74, 6) is -3.19. The van der Waals surface area contributed by atoms with Gasteiger partial charge in [-0.3, -0.25) is 9.59 Å². The Morgan fingerprint density at radius 1 is 0.692 bits per heavy atom. The molecule has 0 saturated carbocycles. The lowest BCUT2D eigenvalue weighted by Gasteiger charge is -2.15. The van der Waals surface area contributed by atoms with E-state index in [1.807, 2.05) is 0 Å². The number of fused-ring (bicyclic) bond motifs is 8. The minimum absolute atomic E-state index is 0.0122. The molecule has 6 aromatic rings. The van der Waals surface area contributed by atoms with Crippen molar-refractivity contribution >= 4 is 45.8 Å². The Balaban J connectivity index is 1.54. The van der Waals surface area contributed by atoms with E-state index in [0.29, 0.717) is 16.8 Å². The minimum atomic E-state index is -1.28. The number of carboxylic acids is 2. The second kappa shape index (κ2) is 12.9. The molecule has 4 bridgehead atoms. The zero-order valence-corrected chi connectivity index (χ0v) is 27.6. The first kappa shape index (κ1) is 33.3. The number of nitrogens with two attached hydrogens (primary N) is 2. The van der Waals surface area contributed by atoms with Crippen molar-refractivity contribution in [2.75, 3.05) is 27.4 Å². The second-order valence-corrected chi connectivity index (χ2v) is 11.5. The number of imidazole rings is 2. The van der Waals surface area contributed by atoms with E-state index in [4.69, 9.17) is 40.4 Å². The maximum atomic E-state index is 12.7. The molecule has 264 valence electrons. The summed E-state index contributed by atoms with van der Waals surface area (Å²) in [6, 6.07) is 11.9. The number of aryl methyl sites for hydroxylation is 2. The van der Waals surface area contributed by atoms with Crippen molar-refractivity contribution in [3.05, 3.63) is 77.0 Å². The van der Waals surface area contributed by atoms with Gasteiger partial charge < -0.3 is 49.8 Å². The van der Waals surface area contributed by atoms with Crippen LogP contribution in [0, 0.1) is 0 Å². The van der Waals surface area contributed by atoms with Crippen LogP contribution < -0.4 is 30.4 Å². The van der Waals surface area contributed by atoms with Crippen LogP contribution in [0.15, 0.2) is 54.7 Å². The fourth-order valence-corrected chi connectivity index (χ4v) is 6.36. The third-order valence-electron chi connectivity index (χ3n) is 8.65. The molecule has 0 spiro atoms. The molecule has 0 saturated heterocycles. The number of amides is 2. The molecule has 3 aromatic carbocycles. The smallest absolute Gasteiger partial charge is 0.336 e. The highest BCUT2D eigenvalue weighted by Crippen LogP contribution is 2.38. The van der Waals surface area contributed by atoms with Crippen molar-refractivity contribution in [3.63, 3.8) is 0 Å². The lowest BCUT2D eigenvalue weighted by atomic mass is 10.1. The lowest BCUT2D eigenvalue weighted by molar-refractivity contribution is 0.0686. The molecule has 8 rings (SSSR count). The summed E-state index contributed by atoms with van der Waals surface area (Å²) < 4.78 is 26.3. The maximum absolute atomic E-state index is 12.7. The summed E-state index contributed by atoms with van der Waals surface area (Å²) in [5, 5.41) is 20.6. The average Bonchev–Trinajstić information content (AvgIpc) is 3.69. The predicted molar refractivity (Wildman–Crippen MR) is 183 cm³/mol. The van der Waals surface area contributed by atoms with Crippen LogP contribution in [0.25, 0.3) is 44.8 Å². The Hall–Kier alpha value is -7.17. The van der Waals surface area contributed by atoms with E-state index in [1.165, 1.54) is 56.8 Å². The van der Waals surface area contributed by atoms with E-state index in [-0.39, 0.29) is 99.7 Å². The number of carboxylic acid groups (broad SMARTS) is 2. The van der Waals surface area contributed by atoms with E-state index in [2.05, 4.69) is 4.98 Å². The first-order valence-corrected chi connectivity index (χ1v) is 15.6. The number of rotatable bonds is 6. The highest BCUT2D eigenvalue weighted by molar-refractivity contribution is 6.04. The van der Waals surface area contributed by atoms with Gasteiger partial charge in [-0.15, -0.1) is 0 Å². The maximum Gasteiger partial charge on any atom is 0.336 e. The number of primary amides is 2. The van der Waals surface area contributed by atoms with Crippen molar-refractivity contribution in [1.29, 1.82) is 0 Å². The van der Waals surface area contributed by atoms with Gasteiger partial charge >= 0.3 is 11.9 Å². The number of hydrogen-bond donors (Lipinski definition) is 4. The van der Waals surface area contributed by atoms with Crippen molar-refractivity contribution in [1.82, 2.24) is 24.1 Å². The SMILES string of the molecule is COc1c(C(N)=O)ccc2c1nc1n2CCn2c(nc3c(OC)c(C(N)=O)ccc32)-c2cc(ccc2C(=O)O)OCCOc2cc(C(=O)O)c-1cn2. The Morgan fingerprint density at radius 2 is 1.21 bits per heavy atom. The monoisotopic (exact) mass is 707 g/mol. The van der Waals surface area contributed by atoms with Crippen molar-refractivity contribution in [2.45, 2.75) is 13.1 Å². The van der Waals surface area contributed by atoms with Gasteiger partial charge in [-0.05, 0) is 42.5 Å². The van der Waals surface area contributed by atoms with Gasteiger partial charge in [0.15, 0.2) is 11.5 Å². The van der Waals surface area contributed by atoms with Gasteiger partial charge in [-0.2, -0.15) is 0 Å². The summed E-state index contributed by atoms with van der Waals surface area (Å²) in [4.78, 5) is 63.8. The number of methoxy groups -OCH3 is 2. The number of benzene rings is 3. The molecular weight excluding hydrogens is 678 g/mol. The molecule has 17 heteroatoms. The van der Waals surface area contributed by atoms with Crippen LogP contribution in [0.4, 0.5) is 0 Å². The highest BCUT2D eigenvalue weighted by atomic mass is 16.5. The first-order chi connectivity index (χ1) is 25.0. The van der Waals surface area contributed by atoms with Gasteiger partial charge in [-0.1, -0.05) is 0 Å². The van der Waals surface area contributed by atoms with Crippen LogP contribution in [0.1, 0.15) is 41.4 Å². The van der Waals surface area contributed by atoms with E-state index in [9.17, 15) is 29.4 Å². The van der Waals surface area contributed by atoms with Crippen LogP contribution in [-0.2, 0) is 13.1 Å². The number of aromatic carboxylic acids is 2. The Labute approximate surface area is 292 Å². The fraction of sp³-hybridized carbons (Fsp3) is 0.171.